The molecule has 9 nitrogen and oxygen atoms in total. The second kappa shape index (κ2) is 10.1. The summed E-state index contributed by atoms with van der Waals surface area (Å²) < 4.78 is 17.5. The highest BCUT2D eigenvalue weighted by Gasteiger charge is 2.35. The average Bonchev–Trinajstić information content (AvgIpc) is 3.57. The van der Waals surface area contributed by atoms with Crippen LogP contribution in [0.5, 0.6) is 11.5 Å². The van der Waals surface area contributed by atoms with Crippen molar-refractivity contribution in [2.24, 2.45) is 7.05 Å². The van der Waals surface area contributed by atoms with Gasteiger partial charge in [0.05, 0.1) is 26.2 Å². The van der Waals surface area contributed by atoms with Crippen LogP contribution < -0.4 is 14.8 Å². The van der Waals surface area contributed by atoms with E-state index >= 15 is 0 Å². The molecular formula is C26H23N3O6. The first-order valence-electron chi connectivity index (χ1n) is 10.7. The zero-order chi connectivity index (χ0) is 24.9. The first-order chi connectivity index (χ1) is 16.9. The molecule has 9 heteroatoms. The molecule has 2 aromatic carbocycles. The highest BCUT2D eigenvalue weighted by atomic mass is 16.5. The van der Waals surface area contributed by atoms with Crippen LogP contribution in [0.2, 0.25) is 0 Å². The van der Waals surface area contributed by atoms with Gasteiger partial charge >= 0.3 is 0 Å². The lowest BCUT2D eigenvalue weighted by Gasteiger charge is -2.19. The zero-order valence-electron chi connectivity index (χ0n) is 19.3. The van der Waals surface area contributed by atoms with Gasteiger partial charge < -0.3 is 23.8 Å². The largest absolute Gasteiger partial charge is 0.493 e. The van der Waals surface area contributed by atoms with Gasteiger partial charge in [-0.1, -0.05) is 30.3 Å². The molecule has 178 valence electrons. The Morgan fingerprint density at radius 2 is 1.69 bits per heavy atom. The second-order valence-electron chi connectivity index (χ2n) is 7.61. The summed E-state index contributed by atoms with van der Waals surface area (Å²) in [5.41, 5.74) is 0.546. The molecular weight excluding hydrogens is 450 g/mol. The van der Waals surface area contributed by atoms with Crippen molar-refractivity contribution in [1.29, 1.82) is 0 Å². The SMILES string of the molecule is COc1cc(NC(=O)c2ccco2)c(C(=O)[C@@H](C(=O)c2ccccc2)c2nccn2C)cc1OC. The minimum atomic E-state index is -1.27. The molecule has 0 spiro atoms. The predicted molar refractivity (Wildman–Crippen MR) is 127 cm³/mol. The topological polar surface area (TPSA) is 113 Å². The van der Waals surface area contributed by atoms with Crippen LogP contribution in [0.1, 0.15) is 43.0 Å². The molecule has 0 saturated heterocycles. The van der Waals surface area contributed by atoms with Crippen LogP contribution >= 0.6 is 0 Å². The summed E-state index contributed by atoms with van der Waals surface area (Å²) in [7, 11) is 4.57. The number of methoxy groups -OCH3 is 2. The van der Waals surface area contributed by atoms with Gasteiger partial charge in [0, 0.05) is 36.6 Å². The van der Waals surface area contributed by atoms with Gasteiger partial charge in [0.15, 0.2) is 28.8 Å². The number of aromatic nitrogens is 2. The smallest absolute Gasteiger partial charge is 0.291 e. The number of hydrogen-bond donors (Lipinski definition) is 1. The molecule has 35 heavy (non-hydrogen) atoms. The van der Waals surface area contributed by atoms with Crippen LogP contribution in [0, 0.1) is 0 Å². The van der Waals surface area contributed by atoms with Crippen molar-refractivity contribution in [3.05, 3.63) is 96.0 Å². The number of ketones is 2. The summed E-state index contributed by atoms with van der Waals surface area (Å²) in [5, 5.41) is 2.69. The third-order valence-electron chi connectivity index (χ3n) is 5.48. The molecule has 0 aliphatic carbocycles. The normalized spacial score (nSPS) is 11.5. The van der Waals surface area contributed by atoms with Crippen molar-refractivity contribution in [1.82, 2.24) is 9.55 Å². The van der Waals surface area contributed by atoms with Crippen molar-refractivity contribution in [3.63, 3.8) is 0 Å². The number of amides is 1. The number of hydrogen-bond acceptors (Lipinski definition) is 7. The van der Waals surface area contributed by atoms with Crippen LogP contribution in [0.3, 0.4) is 0 Å². The fourth-order valence-corrected chi connectivity index (χ4v) is 3.71. The van der Waals surface area contributed by atoms with E-state index in [0.29, 0.717) is 11.3 Å². The molecule has 4 rings (SSSR count). The molecule has 0 aliphatic rings. The molecule has 0 bridgehead atoms. The molecule has 1 amide bonds. The van der Waals surface area contributed by atoms with E-state index < -0.39 is 23.4 Å². The minimum Gasteiger partial charge on any atom is -0.493 e. The highest BCUT2D eigenvalue weighted by Crippen LogP contribution is 2.36. The summed E-state index contributed by atoms with van der Waals surface area (Å²) in [5.74, 6) is -1.96. The Kier molecular flexibility index (Phi) is 6.77. The number of ether oxygens (including phenoxy) is 2. The van der Waals surface area contributed by atoms with Gasteiger partial charge in [-0.3, -0.25) is 14.4 Å². The molecule has 1 atom stereocenters. The van der Waals surface area contributed by atoms with Gasteiger partial charge in [0.1, 0.15) is 11.7 Å². The Bertz CT molecular complexity index is 1360. The van der Waals surface area contributed by atoms with Crippen molar-refractivity contribution in [3.8, 4) is 11.5 Å². The molecule has 0 unspecified atom stereocenters. The van der Waals surface area contributed by atoms with Gasteiger partial charge in [-0.2, -0.15) is 0 Å². The number of aryl methyl sites for hydroxylation is 1. The fourth-order valence-electron chi connectivity index (χ4n) is 3.71. The Labute approximate surface area is 201 Å². The third-order valence-corrected chi connectivity index (χ3v) is 5.48. The number of nitrogens with one attached hydrogen (secondary N) is 1. The van der Waals surface area contributed by atoms with Gasteiger partial charge in [-0.25, -0.2) is 4.98 Å². The molecule has 0 aliphatic heterocycles. The number of nitrogens with zero attached hydrogens (tertiary/aromatic N) is 2. The lowest BCUT2D eigenvalue weighted by Crippen LogP contribution is -2.26. The van der Waals surface area contributed by atoms with Gasteiger partial charge in [-0.15, -0.1) is 0 Å². The van der Waals surface area contributed by atoms with E-state index in [1.807, 2.05) is 0 Å². The fraction of sp³-hybridized carbons (Fsp3) is 0.154. The first-order valence-corrected chi connectivity index (χ1v) is 10.7. The summed E-state index contributed by atoms with van der Waals surface area (Å²) in [6.07, 6.45) is 4.54. The number of anilines is 1. The summed E-state index contributed by atoms with van der Waals surface area (Å²) in [6, 6.07) is 14.5. The highest BCUT2D eigenvalue weighted by molar-refractivity contribution is 6.22. The lowest BCUT2D eigenvalue weighted by atomic mass is 9.88. The number of furan rings is 1. The minimum absolute atomic E-state index is 0.0548. The maximum Gasteiger partial charge on any atom is 0.291 e. The molecule has 1 N–H and O–H groups in total. The van der Waals surface area contributed by atoms with Crippen molar-refractivity contribution < 1.29 is 28.3 Å². The van der Waals surface area contributed by atoms with E-state index in [4.69, 9.17) is 13.9 Å². The maximum atomic E-state index is 14.0. The molecule has 0 radical (unpaired) electrons. The van der Waals surface area contributed by atoms with E-state index in [1.54, 1.807) is 54.2 Å². The summed E-state index contributed by atoms with van der Waals surface area (Å²) >= 11 is 0. The van der Waals surface area contributed by atoms with E-state index in [9.17, 15) is 14.4 Å². The lowest BCUT2D eigenvalue weighted by molar-refractivity contribution is 0.0854. The molecule has 4 aromatic rings. The van der Waals surface area contributed by atoms with E-state index in [0.717, 1.165) is 0 Å². The number of rotatable bonds is 9. The number of carbonyl (C=O) groups excluding carboxylic acids is 3. The van der Waals surface area contributed by atoms with Gasteiger partial charge in [0.2, 0.25) is 0 Å². The Balaban J connectivity index is 1.84. The Morgan fingerprint density at radius 3 is 2.29 bits per heavy atom. The molecule has 0 saturated carbocycles. The van der Waals surface area contributed by atoms with Crippen LogP contribution in [-0.4, -0.2) is 41.2 Å². The standard InChI is InChI=1S/C26H23N3O6/c1-29-12-11-27-25(29)22(23(30)16-8-5-4-6-9-16)24(31)17-14-20(33-2)21(34-3)15-18(17)28-26(32)19-10-7-13-35-19/h4-15,22H,1-3H3,(H,28,32)/t22-/m1/s1. The van der Waals surface area contributed by atoms with Crippen LogP contribution in [0.25, 0.3) is 0 Å². The zero-order valence-corrected chi connectivity index (χ0v) is 19.3. The van der Waals surface area contributed by atoms with E-state index in [2.05, 4.69) is 10.3 Å². The number of Topliss-reactive ketones (excluding diaryl/α,β-unsaturated/α-hetero) is 2. The number of imidazole rings is 1. The van der Waals surface area contributed by atoms with E-state index in [1.165, 1.54) is 44.9 Å². The van der Waals surface area contributed by atoms with Crippen LogP contribution in [-0.2, 0) is 7.05 Å². The first kappa shape index (κ1) is 23.5. The van der Waals surface area contributed by atoms with Crippen molar-refractivity contribution in [2.75, 3.05) is 19.5 Å². The van der Waals surface area contributed by atoms with Crippen LogP contribution in [0.15, 0.2) is 77.7 Å². The number of benzene rings is 2. The van der Waals surface area contributed by atoms with Gasteiger partial charge in [-0.05, 0) is 18.2 Å². The van der Waals surface area contributed by atoms with Gasteiger partial charge in [0.25, 0.3) is 5.91 Å². The summed E-state index contributed by atoms with van der Waals surface area (Å²) in [4.78, 5) is 44.6. The molecule has 0 fully saturated rings. The molecule has 2 aromatic heterocycles. The van der Waals surface area contributed by atoms with Crippen molar-refractivity contribution >= 4 is 23.2 Å². The average molecular weight is 473 g/mol. The second-order valence-corrected chi connectivity index (χ2v) is 7.61. The third kappa shape index (κ3) is 4.70. The van der Waals surface area contributed by atoms with Crippen LogP contribution in [0.4, 0.5) is 5.69 Å². The Morgan fingerprint density at radius 1 is 0.971 bits per heavy atom. The predicted octanol–water partition coefficient (Wildman–Crippen LogP) is 4.13. The monoisotopic (exact) mass is 473 g/mol. The van der Waals surface area contributed by atoms with Crippen molar-refractivity contribution in [2.45, 2.75) is 5.92 Å². The number of carbonyl (C=O) groups is 3. The van der Waals surface area contributed by atoms with E-state index in [-0.39, 0.29) is 28.6 Å². The Hall–Kier alpha value is -4.66. The quantitative estimate of drug-likeness (QED) is 0.287. The summed E-state index contributed by atoms with van der Waals surface area (Å²) in [6.45, 7) is 0. The maximum absolute atomic E-state index is 14.0. The molecule has 2 heterocycles.